The maximum atomic E-state index is 11.5. The van der Waals surface area contributed by atoms with Crippen molar-refractivity contribution in [3.8, 4) is 0 Å². The topological polar surface area (TPSA) is 58.6 Å². The van der Waals surface area contributed by atoms with Gasteiger partial charge in [-0.05, 0) is 32.3 Å². The van der Waals surface area contributed by atoms with Gasteiger partial charge in [-0.2, -0.15) is 0 Å². The smallest absolute Gasteiger partial charge is 0.219 e. The third-order valence-corrected chi connectivity index (χ3v) is 3.68. The molecule has 1 heterocycles. The number of likely N-dealkylation sites (tertiary alicyclic amines) is 1. The lowest BCUT2D eigenvalue weighted by molar-refractivity contribution is -0.131. The van der Waals surface area contributed by atoms with Gasteiger partial charge in [0.1, 0.15) is 0 Å². The normalized spacial score (nSPS) is 17.4. The number of hydrogen-bond donors (Lipinski definition) is 1. The molecule has 114 valence electrons. The average molecular weight is 282 g/mol. The van der Waals surface area contributed by atoms with Crippen LogP contribution >= 0.6 is 0 Å². The van der Waals surface area contributed by atoms with E-state index in [1.165, 1.54) is 0 Å². The van der Waals surface area contributed by atoms with Crippen LogP contribution in [0.5, 0.6) is 0 Å². The molecular weight excluding hydrogens is 256 g/mol. The Bertz CT molecular complexity index is 358. The number of carbonyl (C=O) groups excluding carboxylic acids is 2. The highest BCUT2D eigenvalue weighted by atomic mass is 16.5. The number of ether oxygens (including phenoxy) is 1. The third kappa shape index (κ3) is 5.84. The van der Waals surface area contributed by atoms with Crippen LogP contribution in [0.15, 0.2) is 11.6 Å². The van der Waals surface area contributed by atoms with Gasteiger partial charge in [-0.1, -0.05) is 6.08 Å². The highest BCUT2D eigenvalue weighted by molar-refractivity contribution is 5.96. The van der Waals surface area contributed by atoms with Crippen molar-refractivity contribution in [3.05, 3.63) is 11.6 Å². The van der Waals surface area contributed by atoms with Crippen LogP contribution in [0, 0.1) is 0 Å². The molecule has 0 aromatic heterocycles. The molecule has 1 aliphatic heterocycles. The van der Waals surface area contributed by atoms with Gasteiger partial charge in [-0.15, -0.1) is 0 Å². The van der Waals surface area contributed by atoms with Gasteiger partial charge in [0.05, 0.1) is 19.3 Å². The second-order valence-electron chi connectivity index (χ2n) is 5.15. The quantitative estimate of drug-likeness (QED) is 0.562. The third-order valence-electron chi connectivity index (χ3n) is 3.68. The molecule has 0 atom stereocenters. The minimum absolute atomic E-state index is 0.127. The summed E-state index contributed by atoms with van der Waals surface area (Å²) in [6.07, 6.45) is 3.86. The lowest BCUT2D eigenvalue weighted by atomic mass is 10.1. The Hall–Kier alpha value is -1.20. The fourth-order valence-electron chi connectivity index (χ4n) is 2.14. The van der Waals surface area contributed by atoms with Crippen molar-refractivity contribution in [1.82, 2.24) is 10.2 Å². The number of Topliss-reactive ketones (excluding diaryl/α,β-unsaturated/α-hetero) is 1. The first-order chi connectivity index (χ1) is 9.54. The summed E-state index contributed by atoms with van der Waals surface area (Å²) in [7, 11) is 0. The molecule has 5 nitrogen and oxygen atoms in total. The molecule has 1 N–H and O–H groups in total. The Morgan fingerprint density at radius 3 is 2.50 bits per heavy atom. The summed E-state index contributed by atoms with van der Waals surface area (Å²) < 4.78 is 5.75. The number of nitrogens with zero attached hydrogens (tertiary/aromatic N) is 1. The molecule has 0 spiro atoms. The average Bonchev–Trinajstić information content (AvgIpc) is 2.46. The minimum atomic E-state index is 0.127. The number of ketones is 1. The molecule has 0 saturated carbocycles. The second kappa shape index (κ2) is 8.87. The molecule has 20 heavy (non-hydrogen) atoms. The van der Waals surface area contributed by atoms with Crippen molar-refractivity contribution >= 4 is 11.7 Å². The van der Waals surface area contributed by atoms with Crippen molar-refractivity contribution in [2.24, 2.45) is 0 Å². The largest absolute Gasteiger partial charge is 0.377 e. The Labute approximate surface area is 121 Å². The summed E-state index contributed by atoms with van der Waals surface area (Å²) in [4.78, 5) is 24.6. The molecular formula is C15H26N2O3. The standard InChI is InChI=1S/C15H26N2O3/c1-4-12(2)15(19)11-16-7-10-20-14-5-8-17(9-6-14)13(3)18/h4,14,16H,5-11H2,1-3H3. The van der Waals surface area contributed by atoms with E-state index < -0.39 is 0 Å². The van der Waals surface area contributed by atoms with Crippen molar-refractivity contribution < 1.29 is 14.3 Å². The van der Waals surface area contributed by atoms with Crippen LogP contribution < -0.4 is 5.32 Å². The zero-order valence-corrected chi connectivity index (χ0v) is 12.8. The lowest BCUT2D eigenvalue weighted by Gasteiger charge is -2.31. The highest BCUT2D eigenvalue weighted by Crippen LogP contribution is 2.13. The van der Waals surface area contributed by atoms with E-state index >= 15 is 0 Å². The molecule has 1 fully saturated rings. The summed E-state index contributed by atoms with van der Waals surface area (Å²) in [5.74, 6) is 0.269. The Morgan fingerprint density at radius 1 is 1.30 bits per heavy atom. The van der Waals surface area contributed by atoms with Crippen LogP contribution in [-0.2, 0) is 14.3 Å². The fourth-order valence-corrected chi connectivity index (χ4v) is 2.14. The fraction of sp³-hybridized carbons (Fsp3) is 0.733. The van der Waals surface area contributed by atoms with Crippen LogP contribution in [0.3, 0.4) is 0 Å². The van der Waals surface area contributed by atoms with Gasteiger partial charge in [0.2, 0.25) is 5.91 Å². The Balaban J connectivity index is 2.05. The van der Waals surface area contributed by atoms with Gasteiger partial charge in [0, 0.05) is 26.6 Å². The first-order valence-corrected chi connectivity index (χ1v) is 7.28. The van der Waals surface area contributed by atoms with E-state index in [4.69, 9.17) is 4.74 Å². The molecule has 5 heteroatoms. The van der Waals surface area contributed by atoms with Gasteiger partial charge in [0.25, 0.3) is 0 Å². The SMILES string of the molecule is CC=C(C)C(=O)CNCCOC1CCN(C(C)=O)CC1. The lowest BCUT2D eigenvalue weighted by Crippen LogP contribution is -2.40. The first-order valence-electron chi connectivity index (χ1n) is 7.28. The predicted octanol–water partition coefficient (Wildman–Crippen LogP) is 1.14. The molecule has 0 radical (unpaired) electrons. The van der Waals surface area contributed by atoms with Crippen LogP contribution in [0.1, 0.15) is 33.6 Å². The zero-order chi connectivity index (χ0) is 15.0. The van der Waals surface area contributed by atoms with Gasteiger partial charge in [0.15, 0.2) is 5.78 Å². The Morgan fingerprint density at radius 2 is 1.95 bits per heavy atom. The second-order valence-corrected chi connectivity index (χ2v) is 5.15. The first kappa shape index (κ1) is 16.9. The molecule has 1 rings (SSSR count). The van der Waals surface area contributed by atoms with Crippen molar-refractivity contribution in [3.63, 3.8) is 0 Å². The van der Waals surface area contributed by atoms with Crippen molar-refractivity contribution in [2.45, 2.75) is 39.7 Å². The molecule has 0 aromatic carbocycles. The van der Waals surface area contributed by atoms with Crippen molar-refractivity contribution in [2.75, 3.05) is 32.8 Å². The molecule has 0 aliphatic carbocycles. The van der Waals surface area contributed by atoms with Gasteiger partial charge in [-0.3, -0.25) is 9.59 Å². The molecule has 1 aliphatic rings. The van der Waals surface area contributed by atoms with E-state index in [0.717, 1.165) is 31.5 Å². The summed E-state index contributed by atoms with van der Waals surface area (Å²) >= 11 is 0. The van der Waals surface area contributed by atoms with Gasteiger partial charge in [-0.25, -0.2) is 0 Å². The number of allylic oxidation sites excluding steroid dienone is 1. The highest BCUT2D eigenvalue weighted by Gasteiger charge is 2.20. The van der Waals surface area contributed by atoms with Crippen LogP contribution in [0.4, 0.5) is 0 Å². The molecule has 0 bridgehead atoms. The molecule has 0 aromatic rings. The number of carbonyl (C=O) groups is 2. The summed E-state index contributed by atoms with van der Waals surface area (Å²) in [5, 5.41) is 3.09. The number of hydrogen-bond acceptors (Lipinski definition) is 4. The number of nitrogens with one attached hydrogen (secondary N) is 1. The monoisotopic (exact) mass is 282 g/mol. The van der Waals surface area contributed by atoms with E-state index in [1.807, 2.05) is 24.8 Å². The molecule has 1 saturated heterocycles. The van der Waals surface area contributed by atoms with E-state index in [1.54, 1.807) is 6.92 Å². The van der Waals surface area contributed by atoms with Gasteiger partial charge < -0.3 is 15.0 Å². The van der Waals surface area contributed by atoms with Crippen LogP contribution in [0.25, 0.3) is 0 Å². The van der Waals surface area contributed by atoms with Gasteiger partial charge >= 0.3 is 0 Å². The van der Waals surface area contributed by atoms with E-state index in [9.17, 15) is 9.59 Å². The number of piperidine rings is 1. The summed E-state index contributed by atoms with van der Waals surface area (Å²) in [5.41, 5.74) is 0.787. The molecule has 0 unspecified atom stereocenters. The van der Waals surface area contributed by atoms with Crippen LogP contribution in [-0.4, -0.2) is 55.5 Å². The molecule has 1 amide bonds. The summed E-state index contributed by atoms with van der Waals surface area (Å²) in [6.45, 7) is 8.51. The van der Waals surface area contributed by atoms with Crippen LogP contribution in [0.2, 0.25) is 0 Å². The van der Waals surface area contributed by atoms with E-state index in [-0.39, 0.29) is 17.8 Å². The van der Waals surface area contributed by atoms with E-state index in [2.05, 4.69) is 5.32 Å². The van der Waals surface area contributed by atoms with Crippen molar-refractivity contribution in [1.29, 1.82) is 0 Å². The Kier molecular flexibility index (Phi) is 7.47. The number of amides is 1. The maximum absolute atomic E-state index is 11.5. The van der Waals surface area contributed by atoms with E-state index in [0.29, 0.717) is 19.7 Å². The zero-order valence-electron chi connectivity index (χ0n) is 12.8. The summed E-state index contributed by atoms with van der Waals surface area (Å²) in [6, 6.07) is 0. The number of rotatable bonds is 7. The predicted molar refractivity (Wildman–Crippen MR) is 78.5 cm³/mol. The minimum Gasteiger partial charge on any atom is -0.377 e. The maximum Gasteiger partial charge on any atom is 0.219 e.